The highest BCUT2D eigenvalue weighted by atomic mass is 16.5. The number of carbonyl (C=O) groups is 1. The maximum Gasteiger partial charge on any atom is 0.330 e. The van der Waals surface area contributed by atoms with Crippen molar-refractivity contribution in [1.29, 1.82) is 0 Å². The summed E-state index contributed by atoms with van der Waals surface area (Å²) in [6, 6.07) is 6.08. The van der Waals surface area contributed by atoms with Gasteiger partial charge in [-0.25, -0.2) is 9.59 Å². The van der Waals surface area contributed by atoms with Gasteiger partial charge in [-0.3, -0.25) is 0 Å². The molecule has 0 aromatic heterocycles. The molecule has 4 heteroatoms. The molecule has 1 aliphatic carbocycles. The third-order valence-corrected chi connectivity index (χ3v) is 5.06. The molecule has 0 spiro atoms. The summed E-state index contributed by atoms with van der Waals surface area (Å²) in [5.41, 5.74) is 3.74. The van der Waals surface area contributed by atoms with E-state index in [1.54, 1.807) is 12.2 Å². The number of aliphatic carboxylic acids is 1. The quantitative estimate of drug-likeness (QED) is 0.658. The Labute approximate surface area is 153 Å². The van der Waals surface area contributed by atoms with Crippen LogP contribution in [0, 0.1) is 5.92 Å². The summed E-state index contributed by atoms with van der Waals surface area (Å²) in [4.78, 5) is 22.4. The Kier molecular flexibility index (Phi) is 4.71. The Morgan fingerprint density at radius 3 is 2.85 bits per heavy atom. The van der Waals surface area contributed by atoms with Crippen LogP contribution < -0.4 is 4.74 Å². The van der Waals surface area contributed by atoms with Crippen LogP contribution in [0.4, 0.5) is 0 Å². The van der Waals surface area contributed by atoms with Gasteiger partial charge in [0.05, 0.1) is 6.61 Å². The van der Waals surface area contributed by atoms with E-state index in [0.717, 1.165) is 35.5 Å². The predicted octanol–water partition coefficient (Wildman–Crippen LogP) is 4.11. The van der Waals surface area contributed by atoms with Crippen molar-refractivity contribution in [3.8, 4) is 5.75 Å². The van der Waals surface area contributed by atoms with Gasteiger partial charge in [-0.1, -0.05) is 38.1 Å². The van der Waals surface area contributed by atoms with Crippen LogP contribution >= 0.6 is 0 Å². The lowest BCUT2D eigenvalue weighted by Gasteiger charge is -2.33. The van der Waals surface area contributed by atoms with Gasteiger partial charge in [0.15, 0.2) is 0 Å². The molecular weight excluding hydrogens is 328 g/mol. The third kappa shape index (κ3) is 3.42. The van der Waals surface area contributed by atoms with Gasteiger partial charge in [-0.2, -0.15) is 0 Å². The first-order valence-corrected chi connectivity index (χ1v) is 8.66. The van der Waals surface area contributed by atoms with Crippen LogP contribution in [0.5, 0.6) is 5.75 Å². The van der Waals surface area contributed by atoms with Gasteiger partial charge in [0.1, 0.15) is 11.7 Å². The molecule has 4 nitrogen and oxygen atoms in total. The molecule has 26 heavy (non-hydrogen) atoms. The lowest BCUT2D eigenvalue weighted by molar-refractivity contribution is -0.132. The number of benzene rings is 1. The first-order valence-electron chi connectivity index (χ1n) is 8.66. The monoisotopic (exact) mass is 350 g/mol. The molecule has 3 rings (SSSR count). The SMILES string of the molecule is CC(=CC1C=CC(c2ccc3c(c2)C(C)(C)CCO3)=CC1=C=O)C(=O)O. The highest BCUT2D eigenvalue weighted by Crippen LogP contribution is 2.40. The number of hydrogen-bond acceptors (Lipinski definition) is 3. The van der Waals surface area contributed by atoms with Gasteiger partial charge in [0.2, 0.25) is 0 Å². The van der Waals surface area contributed by atoms with E-state index in [4.69, 9.17) is 9.84 Å². The summed E-state index contributed by atoms with van der Waals surface area (Å²) >= 11 is 0. The molecule has 0 bridgehead atoms. The zero-order valence-electron chi connectivity index (χ0n) is 15.2. The summed E-state index contributed by atoms with van der Waals surface area (Å²) in [6.45, 7) is 6.64. The zero-order valence-corrected chi connectivity index (χ0v) is 15.2. The Morgan fingerprint density at radius 1 is 1.38 bits per heavy atom. The van der Waals surface area contributed by atoms with Crippen LogP contribution in [0.1, 0.15) is 38.3 Å². The van der Waals surface area contributed by atoms with Crippen molar-refractivity contribution in [3.63, 3.8) is 0 Å². The second kappa shape index (κ2) is 6.81. The van der Waals surface area contributed by atoms with Crippen molar-refractivity contribution in [2.24, 2.45) is 5.92 Å². The largest absolute Gasteiger partial charge is 0.493 e. The Morgan fingerprint density at radius 2 is 2.15 bits per heavy atom. The lowest BCUT2D eigenvalue weighted by Crippen LogP contribution is -2.26. The molecule has 0 saturated heterocycles. The number of allylic oxidation sites excluding steroid dienone is 6. The summed E-state index contributed by atoms with van der Waals surface area (Å²) in [7, 11) is 0. The molecule has 1 unspecified atom stereocenters. The van der Waals surface area contributed by atoms with Crippen molar-refractivity contribution in [2.75, 3.05) is 6.61 Å². The van der Waals surface area contributed by atoms with Gasteiger partial charge in [-0.05, 0) is 48.1 Å². The van der Waals surface area contributed by atoms with Gasteiger partial charge in [0.25, 0.3) is 0 Å². The number of carbonyl (C=O) groups excluding carboxylic acids is 1. The van der Waals surface area contributed by atoms with Crippen molar-refractivity contribution in [1.82, 2.24) is 0 Å². The second-order valence-corrected chi connectivity index (χ2v) is 7.39. The standard InChI is InChI=1S/C22H22O4/c1-14(21(24)25)10-15-4-5-16(11-18(15)13-23)17-6-7-20-19(12-17)22(2,3)8-9-26-20/h4-7,10-12,15H,8-9H2,1-3H3,(H,24,25). The van der Waals surface area contributed by atoms with Crippen molar-refractivity contribution >= 4 is 17.5 Å². The van der Waals surface area contributed by atoms with E-state index in [1.165, 1.54) is 6.92 Å². The van der Waals surface area contributed by atoms with Crippen LogP contribution in [0.3, 0.4) is 0 Å². The van der Waals surface area contributed by atoms with Gasteiger partial charge in [0, 0.05) is 22.6 Å². The topological polar surface area (TPSA) is 63.6 Å². The van der Waals surface area contributed by atoms with E-state index in [-0.39, 0.29) is 16.9 Å². The van der Waals surface area contributed by atoms with Gasteiger partial charge in [-0.15, -0.1) is 0 Å². The van der Waals surface area contributed by atoms with E-state index in [9.17, 15) is 9.59 Å². The summed E-state index contributed by atoms with van der Waals surface area (Å²) in [6.07, 6.45) is 8.07. The number of carboxylic acids is 1. The molecule has 1 heterocycles. The maximum absolute atomic E-state index is 11.4. The van der Waals surface area contributed by atoms with E-state index in [1.807, 2.05) is 30.2 Å². The molecule has 1 aromatic carbocycles. The summed E-state index contributed by atoms with van der Waals surface area (Å²) in [5.74, 6) is 1.50. The van der Waals surface area contributed by atoms with Crippen molar-refractivity contribution < 1.29 is 19.4 Å². The molecule has 0 fully saturated rings. The average Bonchev–Trinajstić information content (AvgIpc) is 2.61. The average molecular weight is 350 g/mol. The van der Waals surface area contributed by atoms with Crippen molar-refractivity contribution in [3.05, 3.63) is 64.8 Å². The molecule has 134 valence electrons. The molecule has 0 radical (unpaired) electrons. The fourth-order valence-corrected chi connectivity index (χ4v) is 3.30. The predicted molar refractivity (Wildman–Crippen MR) is 101 cm³/mol. The number of rotatable bonds is 3. The highest BCUT2D eigenvalue weighted by molar-refractivity contribution is 5.87. The Balaban J connectivity index is 1.96. The van der Waals surface area contributed by atoms with Crippen LogP contribution in [0.15, 0.2) is 53.6 Å². The first kappa shape index (κ1) is 18.0. The van der Waals surface area contributed by atoms with Crippen LogP contribution in [0.25, 0.3) is 5.57 Å². The number of ether oxygens (including phenoxy) is 1. The van der Waals surface area contributed by atoms with E-state index < -0.39 is 5.97 Å². The first-order chi connectivity index (χ1) is 12.3. The zero-order chi connectivity index (χ0) is 18.9. The Hall–Kier alpha value is -2.84. The molecule has 1 aliphatic heterocycles. The normalized spacial score (nSPS) is 21.3. The molecule has 1 N–H and O–H groups in total. The van der Waals surface area contributed by atoms with Crippen LogP contribution in [0.2, 0.25) is 0 Å². The van der Waals surface area contributed by atoms with Crippen LogP contribution in [-0.4, -0.2) is 23.6 Å². The summed E-state index contributed by atoms with van der Waals surface area (Å²) < 4.78 is 5.76. The van der Waals surface area contributed by atoms with Crippen molar-refractivity contribution in [2.45, 2.75) is 32.6 Å². The highest BCUT2D eigenvalue weighted by Gasteiger charge is 2.29. The Bertz CT molecular complexity index is 893. The fraction of sp³-hybridized carbons (Fsp3) is 0.318. The van der Waals surface area contributed by atoms with E-state index in [2.05, 4.69) is 19.9 Å². The lowest BCUT2D eigenvalue weighted by atomic mass is 9.78. The minimum Gasteiger partial charge on any atom is -0.493 e. The molecular formula is C22H22O4. The third-order valence-electron chi connectivity index (χ3n) is 5.06. The van der Waals surface area contributed by atoms with Gasteiger partial charge < -0.3 is 9.84 Å². The molecule has 1 atom stereocenters. The second-order valence-electron chi connectivity index (χ2n) is 7.39. The van der Waals surface area contributed by atoms with E-state index >= 15 is 0 Å². The number of fused-ring (bicyclic) bond motifs is 1. The van der Waals surface area contributed by atoms with Gasteiger partial charge >= 0.3 is 5.97 Å². The van der Waals surface area contributed by atoms with Crippen LogP contribution in [-0.2, 0) is 15.0 Å². The number of hydrogen-bond donors (Lipinski definition) is 1. The molecule has 2 aliphatic rings. The molecule has 0 saturated carbocycles. The molecule has 1 aromatic rings. The minimum atomic E-state index is -0.990. The smallest absolute Gasteiger partial charge is 0.330 e. The van der Waals surface area contributed by atoms with E-state index in [0.29, 0.717) is 5.57 Å². The molecule has 0 amide bonds. The number of carboxylic acid groups (broad SMARTS) is 1. The maximum atomic E-state index is 11.4. The fourth-order valence-electron chi connectivity index (χ4n) is 3.30. The minimum absolute atomic E-state index is 0.0374. The summed E-state index contributed by atoms with van der Waals surface area (Å²) in [5, 5.41) is 9.04.